The second-order valence-corrected chi connectivity index (χ2v) is 21.3. The maximum absolute atomic E-state index is 12.9. The molecule has 0 radical (unpaired) electrons. The Morgan fingerprint density at radius 1 is 0.389 bits per heavy atom. The standard InChI is InChI=1S/C60H109O11P/c1-4-7-10-13-16-19-22-24-26-27-28-29-31-33-36-39-42-45-48-51-60(64)71-57(53-67-58(62)49-46-43-40-37-34-21-18-15-12-9-6-3)55-69-72(65,66)68-54-56(52-61)70-59(63)50-47-44-41-38-35-32-30-25-23-20-17-14-11-8-5-2/h16,19,24-26,28-30,56-57,61H,4-15,17-18,20-23,27,31-55H2,1-3H3,(H,65,66)/b19-16-,26-24-,29-28-,30-25-. The van der Waals surface area contributed by atoms with E-state index in [0.717, 1.165) is 109 Å². The number of aliphatic hydroxyl groups excluding tert-OH is 1. The number of carbonyl (C=O) groups is 3. The Morgan fingerprint density at radius 3 is 1.08 bits per heavy atom. The minimum Gasteiger partial charge on any atom is -0.462 e. The van der Waals surface area contributed by atoms with E-state index in [0.29, 0.717) is 19.3 Å². The van der Waals surface area contributed by atoms with Crippen LogP contribution in [-0.2, 0) is 42.2 Å². The molecule has 0 bridgehead atoms. The number of hydrogen-bond donors (Lipinski definition) is 2. The number of allylic oxidation sites excluding steroid dienone is 8. The van der Waals surface area contributed by atoms with Gasteiger partial charge in [0.05, 0.1) is 19.8 Å². The van der Waals surface area contributed by atoms with Gasteiger partial charge in [-0.25, -0.2) is 4.57 Å². The molecule has 72 heavy (non-hydrogen) atoms. The van der Waals surface area contributed by atoms with Crippen molar-refractivity contribution >= 4 is 25.7 Å². The van der Waals surface area contributed by atoms with Gasteiger partial charge in [-0.15, -0.1) is 0 Å². The van der Waals surface area contributed by atoms with Crippen LogP contribution in [0.5, 0.6) is 0 Å². The normalized spacial score (nSPS) is 13.7. The molecule has 2 N–H and O–H groups in total. The van der Waals surface area contributed by atoms with E-state index in [1.165, 1.54) is 109 Å². The van der Waals surface area contributed by atoms with Gasteiger partial charge >= 0.3 is 25.7 Å². The van der Waals surface area contributed by atoms with E-state index in [-0.39, 0.29) is 25.9 Å². The van der Waals surface area contributed by atoms with Crippen LogP contribution in [0.4, 0.5) is 0 Å². The molecular formula is C60H109O11P. The summed E-state index contributed by atoms with van der Waals surface area (Å²) in [6, 6.07) is 0. The number of aliphatic hydroxyl groups is 1. The Morgan fingerprint density at radius 2 is 0.681 bits per heavy atom. The van der Waals surface area contributed by atoms with Gasteiger partial charge in [-0.3, -0.25) is 23.4 Å². The van der Waals surface area contributed by atoms with Gasteiger partial charge in [0.2, 0.25) is 0 Å². The average molecular weight is 1040 g/mol. The molecule has 11 nitrogen and oxygen atoms in total. The fourth-order valence-corrected chi connectivity index (χ4v) is 8.97. The van der Waals surface area contributed by atoms with Crippen LogP contribution in [0.25, 0.3) is 0 Å². The van der Waals surface area contributed by atoms with Gasteiger partial charge in [0.1, 0.15) is 12.7 Å². The largest absolute Gasteiger partial charge is 0.472 e. The first-order chi connectivity index (χ1) is 35.2. The number of hydrogen-bond acceptors (Lipinski definition) is 10. The monoisotopic (exact) mass is 1040 g/mol. The highest BCUT2D eigenvalue weighted by Crippen LogP contribution is 2.43. The summed E-state index contributed by atoms with van der Waals surface area (Å²) in [5.74, 6) is -1.47. The fraction of sp³-hybridized carbons (Fsp3) is 0.817. The summed E-state index contributed by atoms with van der Waals surface area (Å²) in [6.07, 6.45) is 57.8. The Balaban J connectivity index is 4.69. The van der Waals surface area contributed by atoms with Crippen molar-refractivity contribution in [2.75, 3.05) is 26.4 Å². The molecule has 0 saturated heterocycles. The lowest BCUT2D eigenvalue weighted by Crippen LogP contribution is -2.30. The SMILES string of the molecule is CCCCC/C=C\C/C=C\C/C=C\CCCCCCCCC(=O)OC(COC(=O)CCCCCCCCCCCCC)COP(=O)(O)OCC(CO)OC(=O)CCCCCCC/C=C\CCCCCCCC. The zero-order chi connectivity index (χ0) is 52.7. The molecule has 0 heterocycles. The second-order valence-electron chi connectivity index (χ2n) is 19.8. The van der Waals surface area contributed by atoms with Gasteiger partial charge in [-0.2, -0.15) is 0 Å². The summed E-state index contributed by atoms with van der Waals surface area (Å²) in [5.41, 5.74) is 0. The van der Waals surface area contributed by atoms with Crippen LogP contribution < -0.4 is 0 Å². The zero-order valence-corrected chi connectivity index (χ0v) is 47.3. The highest BCUT2D eigenvalue weighted by Gasteiger charge is 2.28. The van der Waals surface area contributed by atoms with Crippen molar-refractivity contribution in [3.8, 4) is 0 Å². The number of rotatable bonds is 55. The molecule has 0 aromatic carbocycles. The molecular weight excluding hydrogens is 928 g/mol. The first kappa shape index (κ1) is 69.4. The molecule has 0 rings (SSSR count). The predicted molar refractivity (Wildman–Crippen MR) is 298 cm³/mol. The molecule has 0 amide bonds. The van der Waals surface area contributed by atoms with E-state index in [1.54, 1.807) is 0 Å². The van der Waals surface area contributed by atoms with E-state index >= 15 is 0 Å². The maximum Gasteiger partial charge on any atom is 0.472 e. The highest BCUT2D eigenvalue weighted by molar-refractivity contribution is 7.47. The van der Waals surface area contributed by atoms with Gasteiger partial charge in [0.25, 0.3) is 0 Å². The molecule has 0 aliphatic rings. The lowest BCUT2D eigenvalue weighted by molar-refractivity contribution is -0.161. The minimum atomic E-state index is -4.75. The van der Waals surface area contributed by atoms with Gasteiger partial charge in [-0.1, -0.05) is 223 Å². The molecule has 3 atom stereocenters. The maximum atomic E-state index is 12.9. The van der Waals surface area contributed by atoms with Crippen LogP contribution in [0.2, 0.25) is 0 Å². The fourth-order valence-electron chi connectivity index (χ4n) is 8.18. The third-order valence-corrected chi connectivity index (χ3v) is 13.7. The van der Waals surface area contributed by atoms with Crippen molar-refractivity contribution in [1.82, 2.24) is 0 Å². The number of esters is 3. The number of carbonyl (C=O) groups excluding carboxylic acids is 3. The van der Waals surface area contributed by atoms with Crippen LogP contribution >= 0.6 is 7.82 Å². The van der Waals surface area contributed by atoms with E-state index in [9.17, 15) is 28.9 Å². The van der Waals surface area contributed by atoms with Crippen LogP contribution in [0.3, 0.4) is 0 Å². The van der Waals surface area contributed by atoms with Crippen LogP contribution in [-0.4, -0.2) is 66.5 Å². The van der Waals surface area contributed by atoms with E-state index in [2.05, 4.69) is 69.4 Å². The second kappa shape index (κ2) is 54.7. The predicted octanol–water partition coefficient (Wildman–Crippen LogP) is 17.4. The number of phosphoric acid groups is 1. The zero-order valence-electron chi connectivity index (χ0n) is 46.4. The van der Waals surface area contributed by atoms with Crippen LogP contribution in [0.1, 0.15) is 278 Å². The molecule has 12 heteroatoms. The van der Waals surface area contributed by atoms with Crippen molar-refractivity contribution < 1.29 is 52.2 Å². The van der Waals surface area contributed by atoms with Crippen molar-refractivity contribution in [3.05, 3.63) is 48.6 Å². The van der Waals surface area contributed by atoms with Crippen molar-refractivity contribution in [1.29, 1.82) is 0 Å². The van der Waals surface area contributed by atoms with Crippen LogP contribution in [0, 0.1) is 0 Å². The Bertz CT molecular complexity index is 1400. The van der Waals surface area contributed by atoms with Gasteiger partial charge in [0.15, 0.2) is 6.10 Å². The molecule has 0 aliphatic heterocycles. The molecule has 0 saturated carbocycles. The molecule has 0 aromatic heterocycles. The summed E-state index contributed by atoms with van der Waals surface area (Å²) in [4.78, 5) is 48.5. The van der Waals surface area contributed by atoms with Gasteiger partial charge in [-0.05, 0) is 83.5 Å². The molecule has 0 fully saturated rings. The third-order valence-electron chi connectivity index (χ3n) is 12.7. The molecule has 3 unspecified atom stereocenters. The Kier molecular flexibility index (Phi) is 52.7. The number of ether oxygens (including phenoxy) is 3. The quantitative estimate of drug-likeness (QED) is 0.0197. The van der Waals surface area contributed by atoms with E-state index in [4.69, 9.17) is 23.3 Å². The van der Waals surface area contributed by atoms with Gasteiger partial charge < -0.3 is 24.2 Å². The molecule has 0 spiro atoms. The average Bonchev–Trinajstić information content (AvgIpc) is 3.37. The number of phosphoric ester groups is 1. The Labute approximate surface area is 441 Å². The van der Waals surface area contributed by atoms with E-state index in [1.807, 2.05) is 0 Å². The summed E-state index contributed by atoms with van der Waals surface area (Å²) < 4.78 is 39.5. The Hall–Kier alpha value is -2.56. The minimum absolute atomic E-state index is 0.155. The third kappa shape index (κ3) is 52.3. The van der Waals surface area contributed by atoms with Crippen LogP contribution in [0.15, 0.2) is 48.6 Å². The van der Waals surface area contributed by atoms with Crippen molar-refractivity contribution in [3.63, 3.8) is 0 Å². The lowest BCUT2D eigenvalue weighted by Gasteiger charge is -2.21. The van der Waals surface area contributed by atoms with Crippen molar-refractivity contribution in [2.24, 2.45) is 0 Å². The first-order valence-electron chi connectivity index (χ1n) is 29.5. The smallest absolute Gasteiger partial charge is 0.462 e. The highest BCUT2D eigenvalue weighted by atomic mass is 31.2. The van der Waals surface area contributed by atoms with Gasteiger partial charge in [0, 0.05) is 19.3 Å². The summed E-state index contributed by atoms with van der Waals surface area (Å²) in [5, 5.41) is 9.81. The molecule has 0 aliphatic carbocycles. The van der Waals surface area contributed by atoms with Crippen molar-refractivity contribution in [2.45, 2.75) is 290 Å². The van der Waals surface area contributed by atoms with E-state index < -0.39 is 57.8 Å². The molecule has 0 aromatic rings. The number of unbranched alkanes of at least 4 members (excludes halogenated alkanes) is 30. The topological polar surface area (TPSA) is 155 Å². The summed E-state index contributed by atoms with van der Waals surface area (Å²) >= 11 is 0. The summed E-state index contributed by atoms with van der Waals surface area (Å²) in [7, 11) is -4.75. The summed E-state index contributed by atoms with van der Waals surface area (Å²) in [6.45, 7) is 4.61. The first-order valence-corrected chi connectivity index (χ1v) is 31.0. The lowest BCUT2D eigenvalue weighted by atomic mass is 10.1. The molecule has 420 valence electrons.